The van der Waals surface area contributed by atoms with Gasteiger partial charge < -0.3 is 19.5 Å². The first kappa shape index (κ1) is 43.9. The maximum atomic E-state index is 12.9. The summed E-state index contributed by atoms with van der Waals surface area (Å²) in [5, 5.41) is 9.52. The molecule has 0 rings (SSSR count). The number of carbonyl (C=O) groups is 2. The van der Waals surface area contributed by atoms with E-state index >= 15 is 0 Å². The standard InChI is InChI=1S/C39H77NO5/c1-6-9-12-18-25-34-44-37(42)28-21-14-13-16-23-30-40(32-33-41)31-24-17-15-22-29-39(4,5)38(43)45-35-36(26-19-10-7-2)27-20-11-8-3/h36,41H,6-35H2,1-5H3. The van der Waals surface area contributed by atoms with Crippen molar-refractivity contribution in [3.05, 3.63) is 0 Å². The van der Waals surface area contributed by atoms with Crippen LogP contribution >= 0.6 is 0 Å². The van der Waals surface area contributed by atoms with E-state index in [1.807, 2.05) is 13.8 Å². The zero-order valence-corrected chi connectivity index (χ0v) is 30.8. The van der Waals surface area contributed by atoms with Crippen LogP contribution in [0.5, 0.6) is 0 Å². The van der Waals surface area contributed by atoms with Crippen LogP contribution in [0.2, 0.25) is 0 Å². The van der Waals surface area contributed by atoms with E-state index in [4.69, 9.17) is 9.47 Å². The predicted octanol–water partition coefficient (Wildman–Crippen LogP) is 10.4. The SMILES string of the molecule is CCCCCCCOC(=O)CCCCCCCN(CCO)CCCCCCC(C)(C)C(=O)OCC(CCCCC)CCCCC. The van der Waals surface area contributed by atoms with E-state index in [1.54, 1.807) is 0 Å². The highest BCUT2D eigenvalue weighted by Gasteiger charge is 2.29. The first-order valence-corrected chi connectivity index (χ1v) is 19.5. The van der Waals surface area contributed by atoms with Crippen LogP contribution in [0.15, 0.2) is 0 Å². The van der Waals surface area contributed by atoms with Gasteiger partial charge in [-0.05, 0) is 77.8 Å². The average molecular weight is 640 g/mol. The summed E-state index contributed by atoms with van der Waals surface area (Å²) in [6, 6.07) is 0. The second-order valence-corrected chi connectivity index (χ2v) is 14.2. The Morgan fingerprint density at radius 1 is 0.622 bits per heavy atom. The fraction of sp³-hybridized carbons (Fsp3) is 0.949. The molecule has 0 aromatic rings. The van der Waals surface area contributed by atoms with Crippen molar-refractivity contribution in [1.82, 2.24) is 4.90 Å². The third kappa shape index (κ3) is 27.7. The van der Waals surface area contributed by atoms with Crippen molar-refractivity contribution in [3.8, 4) is 0 Å². The molecule has 0 spiro atoms. The Morgan fingerprint density at radius 3 is 1.73 bits per heavy atom. The number of aliphatic hydroxyl groups excluding tert-OH is 1. The number of esters is 2. The van der Waals surface area contributed by atoms with Crippen LogP contribution < -0.4 is 0 Å². The monoisotopic (exact) mass is 640 g/mol. The predicted molar refractivity (Wildman–Crippen MR) is 191 cm³/mol. The Balaban J connectivity index is 4.02. The van der Waals surface area contributed by atoms with Gasteiger partial charge in [-0.2, -0.15) is 0 Å². The molecule has 0 unspecified atom stereocenters. The molecular weight excluding hydrogens is 562 g/mol. The van der Waals surface area contributed by atoms with E-state index < -0.39 is 5.41 Å². The highest BCUT2D eigenvalue weighted by atomic mass is 16.5. The molecule has 6 nitrogen and oxygen atoms in total. The summed E-state index contributed by atoms with van der Waals surface area (Å²) in [6.45, 7) is 14.9. The third-order valence-electron chi connectivity index (χ3n) is 9.24. The molecule has 268 valence electrons. The number of nitrogens with zero attached hydrogens (tertiary/aromatic N) is 1. The van der Waals surface area contributed by atoms with Gasteiger partial charge in [0.25, 0.3) is 0 Å². The molecule has 0 atom stereocenters. The molecule has 0 fully saturated rings. The molecule has 0 bridgehead atoms. The Labute approximate surface area is 280 Å². The minimum Gasteiger partial charge on any atom is -0.466 e. The van der Waals surface area contributed by atoms with Crippen molar-refractivity contribution in [2.24, 2.45) is 11.3 Å². The normalized spacial score (nSPS) is 11.9. The molecule has 0 aliphatic carbocycles. The lowest BCUT2D eigenvalue weighted by atomic mass is 9.86. The summed E-state index contributed by atoms with van der Waals surface area (Å²) in [4.78, 5) is 27.2. The summed E-state index contributed by atoms with van der Waals surface area (Å²) >= 11 is 0. The van der Waals surface area contributed by atoms with Crippen molar-refractivity contribution in [2.75, 3.05) is 39.5 Å². The molecule has 0 radical (unpaired) electrons. The quantitative estimate of drug-likeness (QED) is 0.0558. The fourth-order valence-corrected chi connectivity index (χ4v) is 6.00. The van der Waals surface area contributed by atoms with Crippen molar-refractivity contribution in [1.29, 1.82) is 0 Å². The molecule has 45 heavy (non-hydrogen) atoms. The van der Waals surface area contributed by atoms with Gasteiger partial charge in [0.1, 0.15) is 0 Å². The Hall–Kier alpha value is -1.14. The maximum absolute atomic E-state index is 12.9. The molecule has 0 aromatic heterocycles. The first-order chi connectivity index (χ1) is 21.8. The Kier molecular flexibility index (Phi) is 30.7. The minimum absolute atomic E-state index is 0.0271. The van der Waals surface area contributed by atoms with Crippen LogP contribution in [0.25, 0.3) is 0 Å². The van der Waals surface area contributed by atoms with Crippen molar-refractivity contribution in [2.45, 2.75) is 189 Å². The summed E-state index contributed by atoms with van der Waals surface area (Å²) < 4.78 is 11.2. The van der Waals surface area contributed by atoms with Gasteiger partial charge in [-0.1, -0.05) is 124 Å². The molecule has 0 aliphatic heterocycles. The summed E-state index contributed by atoms with van der Waals surface area (Å²) in [5.41, 5.74) is -0.422. The lowest BCUT2D eigenvalue weighted by molar-refractivity contribution is -0.156. The number of rotatable bonds is 34. The zero-order valence-electron chi connectivity index (χ0n) is 30.8. The first-order valence-electron chi connectivity index (χ1n) is 19.5. The minimum atomic E-state index is -0.422. The zero-order chi connectivity index (χ0) is 33.4. The molecule has 0 saturated heterocycles. The van der Waals surface area contributed by atoms with Crippen LogP contribution in [0, 0.1) is 11.3 Å². The Bertz CT molecular complexity index is 658. The van der Waals surface area contributed by atoms with Crippen LogP contribution in [0.3, 0.4) is 0 Å². The Morgan fingerprint density at radius 2 is 1.13 bits per heavy atom. The number of unbranched alkanes of at least 4 members (excludes halogenated alkanes) is 15. The smallest absolute Gasteiger partial charge is 0.311 e. The van der Waals surface area contributed by atoms with Gasteiger partial charge in [0, 0.05) is 13.0 Å². The second-order valence-electron chi connectivity index (χ2n) is 14.2. The van der Waals surface area contributed by atoms with E-state index in [9.17, 15) is 14.7 Å². The lowest BCUT2D eigenvalue weighted by Crippen LogP contribution is -2.29. The fourth-order valence-electron chi connectivity index (χ4n) is 6.00. The van der Waals surface area contributed by atoms with E-state index in [-0.39, 0.29) is 18.5 Å². The van der Waals surface area contributed by atoms with Crippen LogP contribution in [-0.4, -0.2) is 61.4 Å². The molecule has 0 saturated carbocycles. The van der Waals surface area contributed by atoms with E-state index in [0.717, 1.165) is 96.7 Å². The van der Waals surface area contributed by atoms with E-state index in [2.05, 4.69) is 25.7 Å². The third-order valence-corrected chi connectivity index (χ3v) is 9.24. The van der Waals surface area contributed by atoms with E-state index in [1.165, 1.54) is 70.6 Å². The number of aliphatic hydroxyl groups is 1. The van der Waals surface area contributed by atoms with Crippen molar-refractivity contribution >= 4 is 11.9 Å². The van der Waals surface area contributed by atoms with Gasteiger partial charge in [0.15, 0.2) is 0 Å². The molecule has 0 aromatic carbocycles. The summed E-state index contributed by atoms with van der Waals surface area (Å²) in [5.74, 6) is 0.443. The molecule has 1 N–H and O–H groups in total. The molecule has 6 heteroatoms. The van der Waals surface area contributed by atoms with Gasteiger partial charge in [-0.3, -0.25) is 9.59 Å². The number of ether oxygens (including phenoxy) is 2. The average Bonchev–Trinajstić information content (AvgIpc) is 3.02. The maximum Gasteiger partial charge on any atom is 0.311 e. The molecular formula is C39H77NO5. The van der Waals surface area contributed by atoms with Crippen LogP contribution in [0.4, 0.5) is 0 Å². The second kappa shape index (κ2) is 31.5. The number of hydrogen-bond donors (Lipinski definition) is 1. The van der Waals surface area contributed by atoms with Gasteiger partial charge in [-0.15, -0.1) is 0 Å². The van der Waals surface area contributed by atoms with E-state index in [0.29, 0.717) is 25.6 Å². The van der Waals surface area contributed by atoms with Gasteiger partial charge >= 0.3 is 11.9 Å². The molecule has 0 amide bonds. The summed E-state index contributed by atoms with van der Waals surface area (Å²) in [7, 11) is 0. The topological polar surface area (TPSA) is 76.1 Å². The van der Waals surface area contributed by atoms with Crippen molar-refractivity contribution in [3.63, 3.8) is 0 Å². The van der Waals surface area contributed by atoms with Gasteiger partial charge in [0.05, 0.1) is 25.2 Å². The van der Waals surface area contributed by atoms with Crippen LogP contribution in [-0.2, 0) is 19.1 Å². The lowest BCUT2D eigenvalue weighted by Gasteiger charge is -2.25. The molecule has 0 heterocycles. The van der Waals surface area contributed by atoms with Crippen LogP contribution in [0.1, 0.15) is 189 Å². The highest BCUT2D eigenvalue weighted by molar-refractivity contribution is 5.75. The summed E-state index contributed by atoms with van der Waals surface area (Å²) in [6.07, 6.45) is 27.0. The highest BCUT2D eigenvalue weighted by Crippen LogP contribution is 2.27. The van der Waals surface area contributed by atoms with Gasteiger partial charge in [-0.25, -0.2) is 0 Å². The van der Waals surface area contributed by atoms with Gasteiger partial charge in [0.2, 0.25) is 0 Å². The largest absolute Gasteiger partial charge is 0.466 e. The molecule has 0 aliphatic rings. The number of carbonyl (C=O) groups excluding carboxylic acids is 2. The van der Waals surface area contributed by atoms with Crippen molar-refractivity contribution < 1.29 is 24.2 Å². The number of hydrogen-bond acceptors (Lipinski definition) is 6.